The zero-order valence-electron chi connectivity index (χ0n) is 11.6. The number of urea groups is 1. The third kappa shape index (κ3) is 3.50. The number of anilines is 1. The van der Waals surface area contributed by atoms with Crippen LogP contribution in [0.15, 0.2) is 11.4 Å². The fraction of sp³-hybridized carbons (Fsp3) is 0.571. The van der Waals surface area contributed by atoms with Gasteiger partial charge in [0.2, 0.25) is 0 Å². The molecule has 0 aromatic carbocycles. The normalized spacial score (nSPS) is 16.4. The maximum absolute atomic E-state index is 12.2. The Labute approximate surface area is 122 Å². The number of amides is 2. The Morgan fingerprint density at radius 1 is 1.30 bits per heavy atom. The standard InChI is InChI=1S/C14H20N2O3S/c1-16(10-6-4-2-3-5-7-10)14(19)15-12-11(13(17)18)8-9-20-12/h8-10H,2-7H2,1H3,(H,15,19)(H,17,18). The van der Waals surface area contributed by atoms with E-state index in [1.54, 1.807) is 17.3 Å². The Morgan fingerprint density at radius 3 is 2.55 bits per heavy atom. The summed E-state index contributed by atoms with van der Waals surface area (Å²) < 4.78 is 0. The molecular formula is C14H20N2O3S. The van der Waals surface area contributed by atoms with Crippen LogP contribution < -0.4 is 5.32 Å². The number of carbonyl (C=O) groups is 2. The summed E-state index contributed by atoms with van der Waals surface area (Å²) in [6, 6.07) is 1.54. The highest BCUT2D eigenvalue weighted by Crippen LogP contribution is 2.25. The molecular weight excluding hydrogens is 276 g/mol. The van der Waals surface area contributed by atoms with Crippen molar-refractivity contribution in [3.05, 3.63) is 17.0 Å². The minimum atomic E-state index is -1.02. The van der Waals surface area contributed by atoms with Crippen molar-refractivity contribution in [1.29, 1.82) is 0 Å². The molecule has 1 aliphatic rings. The molecule has 0 bridgehead atoms. The largest absolute Gasteiger partial charge is 0.478 e. The Hall–Kier alpha value is -1.56. The number of nitrogens with zero attached hydrogens (tertiary/aromatic N) is 1. The number of carboxylic acid groups (broad SMARTS) is 1. The summed E-state index contributed by atoms with van der Waals surface area (Å²) in [6.45, 7) is 0. The number of carbonyl (C=O) groups excluding carboxylic acids is 1. The van der Waals surface area contributed by atoms with Crippen LogP contribution in [0.3, 0.4) is 0 Å². The Balaban J connectivity index is 1.99. The van der Waals surface area contributed by atoms with Gasteiger partial charge < -0.3 is 10.0 Å². The summed E-state index contributed by atoms with van der Waals surface area (Å²) in [6.07, 6.45) is 6.84. The second kappa shape index (κ2) is 6.74. The molecule has 1 aliphatic carbocycles. The first-order valence-corrected chi connectivity index (χ1v) is 7.82. The van der Waals surface area contributed by atoms with Crippen LogP contribution in [0.25, 0.3) is 0 Å². The molecule has 0 saturated heterocycles. The highest BCUT2D eigenvalue weighted by atomic mass is 32.1. The molecule has 1 aromatic rings. The molecule has 0 spiro atoms. The van der Waals surface area contributed by atoms with E-state index >= 15 is 0 Å². The summed E-state index contributed by atoms with van der Waals surface area (Å²) in [5, 5.41) is 13.8. The first-order chi connectivity index (χ1) is 9.59. The van der Waals surface area contributed by atoms with Gasteiger partial charge in [0.1, 0.15) is 5.00 Å². The number of rotatable bonds is 3. The minimum absolute atomic E-state index is 0.151. The lowest BCUT2D eigenvalue weighted by Gasteiger charge is -2.27. The molecule has 0 aliphatic heterocycles. The van der Waals surface area contributed by atoms with Gasteiger partial charge in [0.05, 0.1) is 5.56 Å². The van der Waals surface area contributed by atoms with Gasteiger partial charge in [-0.25, -0.2) is 9.59 Å². The fourth-order valence-electron chi connectivity index (χ4n) is 2.57. The number of thiophene rings is 1. The molecule has 5 nitrogen and oxygen atoms in total. The summed E-state index contributed by atoms with van der Waals surface area (Å²) in [5.74, 6) is -1.02. The molecule has 1 fully saturated rings. The summed E-state index contributed by atoms with van der Waals surface area (Å²) in [4.78, 5) is 25.0. The summed E-state index contributed by atoms with van der Waals surface area (Å²) in [5.41, 5.74) is 0.151. The van der Waals surface area contributed by atoms with Crippen molar-refractivity contribution in [3.8, 4) is 0 Å². The summed E-state index contributed by atoms with van der Waals surface area (Å²) >= 11 is 1.23. The smallest absolute Gasteiger partial charge is 0.338 e. The molecule has 1 aromatic heterocycles. The number of hydrogen-bond donors (Lipinski definition) is 2. The van der Waals surface area contributed by atoms with Crippen LogP contribution >= 0.6 is 11.3 Å². The van der Waals surface area contributed by atoms with Crippen LogP contribution in [0.5, 0.6) is 0 Å². The third-order valence-corrected chi connectivity index (χ3v) is 4.64. The van der Waals surface area contributed by atoms with Crippen LogP contribution in [0.2, 0.25) is 0 Å². The van der Waals surface area contributed by atoms with E-state index in [0.29, 0.717) is 5.00 Å². The van der Waals surface area contributed by atoms with Gasteiger partial charge in [-0.2, -0.15) is 0 Å². The molecule has 0 atom stereocenters. The van der Waals surface area contributed by atoms with Gasteiger partial charge >= 0.3 is 12.0 Å². The van der Waals surface area contributed by atoms with E-state index in [4.69, 9.17) is 5.11 Å². The van der Waals surface area contributed by atoms with E-state index in [-0.39, 0.29) is 17.6 Å². The van der Waals surface area contributed by atoms with E-state index in [1.165, 1.54) is 30.2 Å². The molecule has 2 rings (SSSR count). The van der Waals surface area contributed by atoms with Crippen LogP contribution in [0, 0.1) is 0 Å². The van der Waals surface area contributed by atoms with Crippen molar-refractivity contribution in [2.24, 2.45) is 0 Å². The van der Waals surface area contributed by atoms with Crippen LogP contribution in [-0.4, -0.2) is 35.1 Å². The van der Waals surface area contributed by atoms with Crippen LogP contribution in [0.1, 0.15) is 48.9 Å². The van der Waals surface area contributed by atoms with Crippen molar-refractivity contribution < 1.29 is 14.7 Å². The van der Waals surface area contributed by atoms with E-state index in [0.717, 1.165) is 25.7 Å². The average molecular weight is 296 g/mol. The zero-order chi connectivity index (χ0) is 14.5. The highest BCUT2D eigenvalue weighted by molar-refractivity contribution is 7.14. The first kappa shape index (κ1) is 14.8. The second-order valence-electron chi connectivity index (χ2n) is 5.15. The summed E-state index contributed by atoms with van der Waals surface area (Å²) in [7, 11) is 1.79. The topological polar surface area (TPSA) is 69.6 Å². The van der Waals surface area contributed by atoms with Crippen molar-refractivity contribution in [1.82, 2.24) is 4.90 Å². The van der Waals surface area contributed by atoms with Crippen molar-refractivity contribution >= 4 is 28.3 Å². The molecule has 110 valence electrons. The van der Waals surface area contributed by atoms with Gasteiger partial charge in [0.15, 0.2) is 0 Å². The van der Waals surface area contributed by atoms with Gasteiger partial charge in [-0.3, -0.25) is 5.32 Å². The molecule has 0 unspecified atom stereocenters. The Bertz CT molecular complexity index is 479. The van der Waals surface area contributed by atoms with Gasteiger partial charge in [-0.05, 0) is 24.3 Å². The molecule has 2 amide bonds. The number of nitrogens with one attached hydrogen (secondary N) is 1. The van der Waals surface area contributed by atoms with Gasteiger partial charge in [-0.15, -0.1) is 11.3 Å². The quantitative estimate of drug-likeness (QED) is 0.837. The SMILES string of the molecule is CN(C(=O)Nc1sccc1C(=O)O)C1CCCCCC1. The highest BCUT2D eigenvalue weighted by Gasteiger charge is 2.22. The second-order valence-corrected chi connectivity index (χ2v) is 6.07. The van der Waals surface area contributed by atoms with Crippen molar-refractivity contribution in [2.45, 2.75) is 44.6 Å². The van der Waals surface area contributed by atoms with E-state index in [9.17, 15) is 9.59 Å². The van der Waals surface area contributed by atoms with Crippen molar-refractivity contribution in [2.75, 3.05) is 12.4 Å². The predicted molar refractivity (Wildman–Crippen MR) is 79.6 cm³/mol. The number of hydrogen-bond acceptors (Lipinski definition) is 3. The average Bonchev–Trinajstić information content (AvgIpc) is 2.72. The molecule has 1 saturated carbocycles. The van der Waals surface area contributed by atoms with E-state index in [2.05, 4.69) is 5.32 Å². The molecule has 2 N–H and O–H groups in total. The monoisotopic (exact) mass is 296 g/mol. The van der Waals surface area contributed by atoms with E-state index in [1.807, 2.05) is 0 Å². The third-order valence-electron chi connectivity index (χ3n) is 3.81. The predicted octanol–water partition coefficient (Wildman–Crippen LogP) is 3.63. The van der Waals surface area contributed by atoms with Crippen molar-refractivity contribution in [3.63, 3.8) is 0 Å². The lowest BCUT2D eigenvalue weighted by molar-refractivity contribution is 0.0698. The maximum Gasteiger partial charge on any atom is 0.338 e. The lowest BCUT2D eigenvalue weighted by atomic mass is 10.1. The number of aromatic carboxylic acids is 1. The van der Waals surface area contributed by atoms with Crippen LogP contribution in [-0.2, 0) is 0 Å². The Morgan fingerprint density at radius 2 is 1.95 bits per heavy atom. The lowest BCUT2D eigenvalue weighted by Crippen LogP contribution is -2.39. The van der Waals surface area contributed by atoms with Gasteiger partial charge in [0, 0.05) is 13.1 Å². The molecule has 0 radical (unpaired) electrons. The van der Waals surface area contributed by atoms with Gasteiger partial charge in [0.25, 0.3) is 0 Å². The minimum Gasteiger partial charge on any atom is -0.478 e. The molecule has 1 heterocycles. The molecule has 20 heavy (non-hydrogen) atoms. The first-order valence-electron chi connectivity index (χ1n) is 6.94. The van der Waals surface area contributed by atoms with Gasteiger partial charge in [-0.1, -0.05) is 25.7 Å². The van der Waals surface area contributed by atoms with Crippen LogP contribution in [0.4, 0.5) is 9.80 Å². The fourth-order valence-corrected chi connectivity index (χ4v) is 3.34. The zero-order valence-corrected chi connectivity index (χ0v) is 12.4. The Kier molecular flexibility index (Phi) is 5.00. The maximum atomic E-state index is 12.2. The van der Waals surface area contributed by atoms with E-state index < -0.39 is 5.97 Å². The number of carboxylic acids is 1. The molecule has 6 heteroatoms.